The van der Waals surface area contributed by atoms with Crippen LogP contribution in [0.3, 0.4) is 0 Å². The number of carbonyl (C=O) groups excluding carboxylic acids is 1. The van der Waals surface area contributed by atoms with E-state index in [0.29, 0.717) is 35.2 Å². The highest BCUT2D eigenvalue weighted by atomic mass is 19.3. The molecule has 4 rings (SSSR count). The van der Waals surface area contributed by atoms with Crippen molar-refractivity contribution in [3.8, 4) is 23.1 Å². The van der Waals surface area contributed by atoms with E-state index in [1.165, 1.54) is 38.6 Å². The van der Waals surface area contributed by atoms with Crippen molar-refractivity contribution in [1.82, 2.24) is 19.9 Å². The Bertz CT molecular complexity index is 1490. The Morgan fingerprint density at radius 2 is 1.60 bits per heavy atom. The number of rotatable bonds is 13. The average Bonchev–Trinajstić information content (AvgIpc) is 3.96. The number of carbonyl (C=O) groups is 1. The molecule has 1 fully saturated rings. The summed E-state index contributed by atoms with van der Waals surface area (Å²) in [5.74, 6) is -0.371. The van der Waals surface area contributed by atoms with Crippen molar-refractivity contribution in [2.24, 2.45) is 5.92 Å². The van der Waals surface area contributed by atoms with Crippen LogP contribution < -0.4 is 9.47 Å². The van der Waals surface area contributed by atoms with Crippen molar-refractivity contribution in [3.05, 3.63) is 77.4 Å². The van der Waals surface area contributed by atoms with E-state index in [1.807, 2.05) is 38.1 Å². The normalized spacial score (nSPS) is 12.4. The zero-order chi connectivity index (χ0) is 37.9. The molecule has 2 aromatic heterocycles. The fourth-order valence-electron chi connectivity index (χ4n) is 3.85. The standard InChI is InChI=1S/C26H28N4O3.C6H10F2.C5H12.C4H10/c1-5-6-21(31)20-13-27-24(22-23(19-11-12-19)28-15-29-26(22)32-4)30-25(20)33-14-17-7-9-18(10-8-17)16(2)3;1-4-5(2)6(3,7)8;1-4-5(2)3;1-3-4-2/h7-10,13,15,19H,2,5-6,11-12,14H2,1,3-4H3;4H,1-3H3;5H,4H2,1-3H3;3-4H2,1-2H3/b;5-4+;;. The van der Waals surface area contributed by atoms with E-state index in [0.717, 1.165) is 54.5 Å². The van der Waals surface area contributed by atoms with Crippen LogP contribution in [0.2, 0.25) is 0 Å². The first-order valence-corrected chi connectivity index (χ1v) is 17.9. The summed E-state index contributed by atoms with van der Waals surface area (Å²) in [7, 11) is 1.56. The maximum Gasteiger partial charge on any atom is 0.266 e. The molecule has 0 saturated heterocycles. The molecule has 0 amide bonds. The van der Waals surface area contributed by atoms with Gasteiger partial charge in [-0.15, -0.1) is 0 Å². The monoisotopic (exact) mass is 694 g/mol. The molecule has 1 aliphatic rings. The summed E-state index contributed by atoms with van der Waals surface area (Å²) >= 11 is 0. The van der Waals surface area contributed by atoms with Gasteiger partial charge in [0.1, 0.15) is 18.5 Å². The lowest BCUT2D eigenvalue weighted by atomic mass is 10.1. The van der Waals surface area contributed by atoms with Crippen molar-refractivity contribution in [2.75, 3.05) is 7.11 Å². The second-order valence-electron chi connectivity index (χ2n) is 12.9. The fourth-order valence-corrected chi connectivity index (χ4v) is 3.85. The van der Waals surface area contributed by atoms with Gasteiger partial charge in [0.05, 0.1) is 18.4 Å². The lowest BCUT2D eigenvalue weighted by Gasteiger charge is -2.14. The summed E-state index contributed by atoms with van der Waals surface area (Å²) in [4.78, 5) is 30.6. The predicted octanol–water partition coefficient (Wildman–Crippen LogP) is 11.9. The van der Waals surface area contributed by atoms with Gasteiger partial charge in [-0.1, -0.05) is 103 Å². The second kappa shape index (κ2) is 22.7. The number of Topliss-reactive ketones (excluding diaryl/α,β-unsaturated/α-hetero) is 1. The summed E-state index contributed by atoms with van der Waals surface area (Å²) in [6.45, 7) is 23.1. The van der Waals surface area contributed by atoms with E-state index in [9.17, 15) is 13.6 Å². The van der Waals surface area contributed by atoms with Gasteiger partial charge in [0.15, 0.2) is 11.6 Å². The molecule has 0 spiro atoms. The largest absolute Gasteiger partial charge is 0.480 e. The van der Waals surface area contributed by atoms with Crippen molar-refractivity contribution in [2.45, 2.75) is 133 Å². The number of hydrogen-bond acceptors (Lipinski definition) is 7. The molecular formula is C41H60F2N4O3. The Morgan fingerprint density at radius 3 is 2.02 bits per heavy atom. The van der Waals surface area contributed by atoms with Crippen molar-refractivity contribution >= 4 is 11.4 Å². The highest BCUT2D eigenvalue weighted by Crippen LogP contribution is 2.45. The van der Waals surface area contributed by atoms with Crippen LogP contribution >= 0.6 is 0 Å². The minimum Gasteiger partial charge on any atom is -0.480 e. The molecule has 0 aliphatic heterocycles. The van der Waals surface area contributed by atoms with Crippen LogP contribution in [0.5, 0.6) is 11.8 Å². The lowest BCUT2D eigenvalue weighted by molar-refractivity contribution is 0.0633. The minimum absolute atomic E-state index is 0.0460. The quantitative estimate of drug-likeness (QED) is 0.130. The van der Waals surface area contributed by atoms with E-state index in [2.05, 4.69) is 61.1 Å². The van der Waals surface area contributed by atoms with Gasteiger partial charge in [0.2, 0.25) is 11.8 Å². The number of ether oxygens (including phenoxy) is 2. The SMILES string of the molecule is C/C=C(\C)C(C)(F)F.C=C(C)c1ccc(COc2nc(-c3c(OC)ncnc3C3CC3)ncc2C(=O)CCC)cc1.CCC(C)C.CCCC. The molecule has 7 nitrogen and oxygen atoms in total. The molecule has 9 heteroatoms. The van der Waals surface area contributed by atoms with Gasteiger partial charge in [-0.2, -0.15) is 4.98 Å². The van der Waals surface area contributed by atoms with Gasteiger partial charge in [-0.05, 0) is 62.7 Å². The molecule has 0 bridgehead atoms. The Morgan fingerprint density at radius 1 is 1.00 bits per heavy atom. The molecule has 0 N–H and O–H groups in total. The zero-order valence-corrected chi connectivity index (χ0v) is 32.3. The van der Waals surface area contributed by atoms with Gasteiger partial charge in [0.25, 0.3) is 5.92 Å². The number of aromatic nitrogens is 4. The third-order valence-corrected chi connectivity index (χ3v) is 8.02. The molecular weight excluding hydrogens is 634 g/mol. The molecule has 0 radical (unpaired) electrons. The smallest absolute Gasteiger partial charge is 0.266 e. The van der Waals surface area contributed by atoms with Gasteiger partial charge < -0.3 is 9.47 Å². The van der Waals surface area contributed by atoms with Crippen molar-refractivity contribution < 1.29 is 23.0 Å². The maximum absolute atomic E-state index is 12.7. The Hall–Kier alpha value is -4.01. The average molecular weight is 695 g/mol. The molecule has 276 valence electrons. The number of halogens is 2. The lowest BCUT2D eigenvalue weighted by Crippen LogP contribution is -2.10. The topological polar surface area (TPSA) is 87.1 Å². The van der Waals surface area contributed by atoms with E-state index in [1.54, 1.807) is 20.2 Å². The maximum atomic E-state index is 12.7. The highest BCUT2D eigenvalue weighted by molar-refractivity contribution is 5.98. The molecule has 1 aliphatic carbocycles. The predicted molar refractivity (Wildman–Crippen MR) is 202 cm³/mol. The van der Waals surface area contributed by atoms with Crippen LogP contribution in [-0.4, -0.2) is 38.8 Å². The third kappa shape index (κ3) is 15.3. The van der Waals surface area contributed by atoms with E-state index in [-0.39, 0.29) is 23.8 Å². The molecule has 2 heterocycles. The van der Waals surface area contributed by atoms with Crippen LogP contribution in [-0.2, 0) is 6.61 Å². The van der Waals surface area contributed by atoms with Crippen LogP contribution in [0.4, 0.5) is 8.78 Å². The number of methoxy groups -OCH3 is 1. The number of alkyl halides is 2. The number of ketones is 1. The second-order valence-corrected chi connectivity index (χ2v) is 12.9. The minimum atomic E-state index is -2.63. The van der Waals surface area contributed by atoms with Gasteiger partial charge in [0, 0.05) is 25.5 Å². The molecule has 50 heavy (non-hydrogen) atoms. The zero-order valence-electron chi connectivity index (χ0n) is 32.3. The summed E-state index contributed by atoms with van der Waals surface area (Å²) in [6.07, 6.45) is 11.7. The first-order valence-electron chi connectivity index (χ1n) is 17.9. The number of nitrogens with zero attached hydrogens (tertiary/aromatic N) is 4. The Kier molecular flexibility index (Phi) is 19.9. The summed E-state index contributed by atoms with van der Waals surface area (Å²) in [5.41, 5.74) is 5.07. The first kappa shape index (κ1) is 44.0. The number of hydrogen-bond donors (Lipinski definition) is 0. The van der Waals surface area contributed by atoms with E-state index >= 15 is 0 Å². The molecule has 0 unspecified atom stereocenters. The van der Waals surface area contributed by atoms with Crippen LogP contribution in [0, 0.1) is 5.92 Å². The van der Waals surface area contributed by atoms with Gasteiger partial charge in [-0.3, -0.25) is 4.79 Å². The van der Waals surface area contributed by atoms with Gasteiger partial charge >= 0.3 is 0 Å². The van der Waals surface area contributed by atoms with Crippen molar-refractivity contribution in [3.63, 3.8) is 0 Å². The first-order chi connectivity index (χ1) is 23.7. The molecule has 1 aromatic carbocycles. The highest BCUT2D eigenvalue weighted by Gasteiger charge is 2.32. The summed E-state index contributed by atoms with van der Waals surface area (Å²) in [6, 6.07) is 7.98. The van der Waals surface area contributed by atoms with E-state index in [4.69, 9.17) is 9.47 Å². The third-order valence-electron chi connectivity index (χ3n) is 8.02. The number of allylic oxidation sites excluding steroid dienone is 3. The molecule has 1 saturated carbocycles. The number of unbranched alkanes of at least 4 members (excludes halogenated alkanes) is 1. The molecule has 0 atom stereocenters. The van der Waals surface area contributed by atoms with E-state index < -0.39 is 5.92 Å². The summed E-state index contributed by atoms with van der Waals surface area (Å²) in [5, 5.41) is 0. The molecule has 3 aromatic rings. The van der Waals surface area contributed by atoms with Crippen molar-refractivity contribution in [1.29, 1.82) is 0 Å². The van der Waals surface area contributed by atoms with Crippen LogP contribution in [0.25, 0.3) is 17.0 Å². The summed E-state index contributed by atoms with van der Waals surface area (Å²) < 4.78 is 35.7. The van der Waals surface area contributed by atoms with Gasteiger partial charge in [-0.25, -0.2) is 23.7 Å². The van der Waals surface area contributed by atoms with Crippen LogP contribution in [0.1, 0.15) is 147 Å². The fraction of sp³-hybridized carbons (Fsp3) is 0.537. The van der Waals surface area contributed by atoms with Crippen LogP contribution in [0.15, 0.2) is 55.0 Å². The Labute approximate surface area is 300 Å². The number of benzene rings is 1. The Balaban J connectivity index is 0.000000610.